The van der Waals surface area contributed by atoms with Crippen LogP contribution in [0.4, 0.5) is 4.39 Å². The molecule has 0 bridgehead atoms. The van der Waals surface area contributed by atoms with Crippen molar-refractivity contribution in [1.82, 2.24) is 19.8 Å². The second-order valence-electron chi connectivity index (χ2n) is 12.9. The predicted octanol–water partition coefficient (Wildman–Crippen LogP) is 8.32. The third-order valence-electron chi connectivity index (χ3n) is 9.60. The van der Waals surface area contributed by atoms with E-state index in [0.717, 1.165) is 77.3 Å². The summed E-state index contributed by atoms with van der Waals surface area (Å²) in [7, 11) is 0. The molecule has 2 aliphatic heterocycles. The Morgan fingerprint density at radius 3 is 1.81 bits per heavy atom. The molecule has 0 saturated carbocycles. The first-order chi connectivity index (χ1) is 23.6. The van der Waals surface area contributed by atoms with Crippen molar-refractivity contribution in [2.45, 2.75) is 45.2 Å². The highest BCUT2D eigenvalue weighted by atomic mass is 19.1. The second-order valence-corrected chi connectivity index (χ2v) is 12.9. The molecule has 0 unspecified atom stereocenters. The number of ketones is 1. The molecule has 246 valence electrons. The summed E-state index contributed by atoms with van der Waals surface area (Å²) in [4.78, 5) is 24.2. The fourth-order valence-electron chi connectivity index (χ4n) is 7.06. The number of carbonyl (C=O) groups is 1. The van der Waals surface area contributed by atoms with Gasteiger partial charge in [-0.2, -0.15) is 0 Å². The Labute approximate surface area is 281 Å². The van der Waals surface area contributed by atoms with E-state index in [1.807, 2.05) is 30.3 Å². The number of nitrogens with zero attached hydrogens (tertiary/aromatic N) is 2. The van der Waals surface area contributed by atoms with Crippen molar-refractivity contribution in [3.63, 3.8) is 0 Å². The average Bonchev–Trinajstić information content (AvgIpc) is 3.69. The van der Waals surface area contributed by atoms with Gasteiger partial charge in [-0.3, -0.25) is 14.6 Å². The third-order valence-corrected chi connectivity index (χ3v) is 9.60. The number of halogens is 1. The van der Waals surface area contributed by atoms with Gasteiger partial charge in [0.1, 0.15) is 11.6 Å². The number of nitrogens with one attached hydrogen (secondary N) is 2. The SMILES string of the molecule is O=C(CCCN1CCc2[nH]c3ccccc3c2C1)c1ccc(F)cc1.c1ccc(OCCCN2CCc3[nH]c4ccccc4c3C2)cc1. The van der Waals surface area contributed by atoms with Gasteiger partial charge in [0.05, 0.1) is 6.61 Å². The molecule has 0 aliphatic carbocycles. The van der Waals surface area contributed by atoms with E-state index in [9.17, 15) is 9.18 Å². The number of rotatable bonds is 10. The van der Waals surface area contributed by atoms with E-state index in [4.69, 9.17) is 4.74 Å². The molecule has 0 radical (unpaired) electrons. The number of benzene rings is 4. The average molecular weight is 643 g/mol. The Morgan fingerprint density at radius 2 is 1.21 bits per heavy atom. The maximum absolute atomic E-state index is 12.9. The lowest BCUT2D eigenvalue weighted by atomic mass is 10.0. The molecule has 6 aromatic rings. The van der Waals surface area contributed by atoms with Gasteiger partial charge in [-0.1, -0.05) is 54.6 Å². The Hall–Kier alpha value is -4.72. The van der Waals surface area contributed by atoms with E-state index in [0.29, 0.717) is 12.0 Å². The van der Waals surface area contributed by atoms with Gasteiger partial charge < -0.3 is 14.7 Å². The smallest absolute Gasteiger partial charge is 0.162 e. The molecule has 2 N–H and O–H groups in total. The molecule has 4 aromatic carbocycles. The third kappa shape index (κ3) is 7.53. The van der Waals surface area contributed by atoms with Crippen LogP contribution in [0.5, 0.6) is 5.75 Å². The van der Waals surface area contributed by atoms with Crippen LogP contribution in [0.2, 0.25) is 0 Å². The number of carbonyl (C=O) groups excluding carboxylic acids is 1. The van der Waals surface area contributed by atoms with Crippen LogP contribution in [0, 0.1) is 5.82 Å². The Morgan fingerprint density at radius 1 is 0.667 bits per heavy atom. The van der Waals surface area contributed by atoms with Gasteiger partial charge in [0, 0.05) is 90.7 Å². The van der Waals surface area contributed by atoms with Gasteiger partial charge in [0.25, 0.3) is 0 Å². The lowest BCUT2D eigenvalue weighted by Gasteiger charge is -2.27. The summed E-state index contributed by atoms with van der Waals surface area (Å²) in [6.45, 7) is 6.91. The van der Waals surface area contributed by atoms with Crippen LogP contribution in [-0.4, -0.2) is 58.3 Å². The topological polar surface area (TPSA) is 64.4 Å². The molecule has 2 aromatic heterocycles. The lowest BCUT2D eigenvalue weighted by molar-refractivity contribution is 0.0973. The summed E-state index contributed by atoms with van der Waals surface area (Å²) in [6.07, 6.45) is 4.53. The minimum atomic E-state index is -0.306. The number of aromatic amines is 2. The summed E-state index contributed by atoms with van der Waals surface area (Å²) >= 11 is 0. The number of hydrogen-bond acceptors (Lipinski definition) is 4. The number of ether oxygens (including phenoxy) is 1. The highest BCUT2D eigenvalue weighted by molar-refractivity contribution is 5.96. The molecule has 2 aliphatic rings. The summed E-state index contributed by atoms with van der Waals surface area (Å²) < 4.78 is 18.7. The zero-order chi connectivity index (χ0) is 32.7. The van der Waals surface area contributed by atoms with Crippen molar-refractivity contribution < 1.29 is 13.9 Å². The molecule has 0 atom stereocenters. The van der Waals surface area contributed by atoms with E-state index in [2.05, 4.69) is 68.3 Å². The van der Waals surface area contributed by atoms with E-state index in [-0.39, 0.29) is 11.6 Å². The molecule has 48 heavy (non-hydrogen) atoms. The molecular weight excluding hydrogens is 599 g/mol. The first kappa shape index (κ1) is 31.9. The van der Waals surface area contributed by atoms with Gasteiger partial charge >= 0.3 is 0 Å². The first-order valence-electron chi connectivity index (χ1n) is 17.2. The molecule has 0 spiro atoms. The fourth-order valence-corrected chi connectivity index (χ4v) is 7.06. The van der Waals surface area contributed by atoms with Crippen LogP contribution in [0.1, 0.15) is 52.1 Å². The molecule has 0 fully saturated rings. The van der Waals surface area contributed by atoms with Crippen LogP contribution in [0.25, 0.3) is 21.8 Å². The first-order valence-corrected chi connectivity index (χ1v) is 17.2. The van der Waals surface area contributed by atoms with E-state index < -0.39 is 0 Å². The zero-order valence-electron chi connectivity index (χ0n) is 27.4. The van der Waals surface area contributed by atoms with Gasteiger partial charge in [-0.25, -0.2) is 4.39 Å². The molecule has 8 rings (SSSR count). The highest BCUT2D eigenvalue weighted by Gasteiger charge is 2.21. The minimum Gasteiger partial charge on any atom is -0.494 e. The maximum Gasteiger partial charge on any atom is 0.162 e. The molecule has 4 heterocycles. The normalized spacial score (nSPS) is 14.7. The van der Waals surface area contributed by atoms with Crippen LogP contribution in [0.3, 0.4) is 0 Å². The monoisotopic (exact) mass is 642 g/mol. The number of para-hydroxylation sites is 3. The van der Waals surface area contributed by atoms with Gasteiger partial charge in [0.15, 0.2) is 5.78 Å². The second kappa shape index (κ2) is 15.0. The number of Topliss-reactive ketones (excluding diaryl/α,β-unsaturated/α-hetero) is 1. The van der Waals surface area contributed by atoms with Crippen molar-refractivity contribution in [2.75, 3.05) is 32.8 Å². The number of fused-ring (bicyclic) bond motifs is 6. The number of aromatic nitrogens is 2. The van der Waals surface area contributed by atoms with Crippen molar-refractivity contribution >= 4 is 27.6 Å². The van der Waals surface area contributed by atoms with Crippen molar-refractivity contribution in [2.24, 2.45) is 0 Å². The predicted molar refractivity (Wildman–Crippen MR) is 191 cm³/mol. The van der Waals surface area contributed by atoms with E-state index >= 15 is 0 Å². The molecule has 6 nitrogen and oxygen atoms in total. The zero-order valence-corrected chi connectivity index (χ0v) is 27.4. The standard InChI is InChI=1S/C21H21FN2O.C20H22N2O/c22-16-9-7-15(8-10-16)21(25)6-3-12-24-13-11-20-18(14-24)17-4-1-2-5-19(17)23-20;1-2-7-16(8-3-1)23-14-6-12-22-13-11-20-18(15-22)17-9-4-5-10-19(17)21-20/h1-2,4-5,7-10,23H,3,6,11-14H2;1-5,7-10,21H,6,11-15H2. The van der Waals surface area contributed by atoms with Crippen LogP contribution in [-0.2, 0) is 25.9 Å². The van der Waals surface area contributed by atoms with E-state index in [1.165, 1.54) is 56.5 Å². The Kier molecular flexibility index (Phi) is 9.96. The lowest BCUT2D eigenvalue weighted by Crippen LogP contribution is -2.31. The van der Waals surface area contributed by atoms with Gasteiger partial charge in [-0.15, -0.1) is 0 Å². The van der Waals surface area contributed by atoms with Crippen LogP contribution < -0.4 is 4.74 Å². The molecule has 0 saturated heterocycles. The number of hydrogen-bond donors (Lipinski definition) is 2. The Balaban J connectivity index is 0.000000152. The molecule has 7 heteroatoms. The highest BCUT2D eigenvalue weighted by Crippen LogP contribution is 2.29. The van der Waals surface area contributed by atoms with E-state index in [1.54, 1.807) is 12.1 Å². The molecular formula is C41H43FN4O2. The fraction of sp³-hybridized carbons (Fsp3) is 0.293. The van der Waals surface area contributed by atoms with Crippen molar-refractivity contribution in [3.05, 3.63) is 137 Å². The van der Waals surface area contributed by atoms with Crippen molar-refractivity contribution in [1.29, 1.82) is 0 Å². The summed E-state index contributed by atoms with van der Waals surface area (Å²) in [5, 5.41) is 2.69. The van der Waals surface area contributed by atoms with Crippen LogP contribution >= 0.6 is 0 Å². The summed E-state index contributed by atoms with van der Waals surface area (Å²) in [5.41, 5.74) is 8.72. The summed E-state index contributed by atoms with van der Waals surface area (Å²) in [6, 6.07) is 32.9. The Bertz CT molecular complexity index is 1960. The number of H-pyrrole nitrogens is 2. The van der Waals surface area contributed by atoms with Gasteiger partial charge in [0.2, 0.25) is 0 Å². The quantitative estimate of drug-likeness (QED) is 0.117. The maximum atomic E-state index is 12.9. The van der Waals surface area contributed by atoms with Crippen LogP contribution in [0.15, 0.2) is 103 Å². The van der Waals surface area contributed by atoms with Gasteiger partial charge in [-0.05, 0) is 79.0 Å². The largest absolute Gasteiger partial charge is 0.494 e. The molecule has 0 amide bonds. The minimum absolute atomic E-state index is 0.0878. The summed E-state index contributed by atoms with van der Waals surface area (Å²) in [5.74, 6) is 0.745. The van der Waals surface area contributed by atoms with Crippen molar-refractivity contribution in [3.8, 4) is 5.75 Å².